The predicted octanol–water partition coefficient (Wildman–Crippen LogP) is 0.541. The van der Waals surface area contributed by atoms with Gasteiger partial charge in [0.25, 0.3) is 0 Å². The van der Waals surface area contributed by atoms with E-state index in [2.05, 4.69) is 0 Å². The zero-order valence-electron chi connectivity index (χ0n) is 10.2. The maximum absolute atomic E-state index is 11.9. The molecule has 0 saturated heterocycles. The zero-order valence-corrected chi connectivity index (χ0v) is 11.0. The van der Waals surface area contributed by atoms with Crippen LogP contribution in [0.25, 0.3) is 0 Å². The average Bonchev–Trinajstić information content (AvgIpc) is 2.27. The Bertz CT molecular complexity index is 526. The van der Waals surface area contributed by atoms with E-state index in [4.69, 9.17) is 9.84 Å². The Morgan fingerprint density at radius 1 is 1.44 bits per heavy atom. The molecular weight excluding hydrogens is 258 g/mol. The fraction of sp³-hybridized carbons (Fsp3) is 0.364. The van der Waals surface area contributed by atoms with Crippen LogP contribution in [-0.4, -0.2) is 44.5 Å². The van der Waals surface area contributed by atoms with Crippen LogP contribution in [-0.2, 0) is 20.6 Å². The van der Waals surface area contributed by atoms with Crippen molar-refractivity contribution in [2.75, 3.05) is 20.7 Å². The molecule has 6 nitrogen and oxygen atoms in total. The van der Waals surface area contributed by atoms with Crippen molar-refractivity contribution in [1.29, 1.82) is 0 Å². The van der Waals surface area contributed by atoms with E-state index in [1.54, 1.807) is 24.3 Å². The van der Waals surface area contributed by atoms with Crippen LogP contribution in [0.15, 0.2) is 24.3 Å². The van der Waals surface area contributed by atoms with Crippen LogP contribution >= 0.6 is 0 Å². The Labute approximate surface area is 106 Å². The molecule has 1 N–H and O–H groups in total. The largest absolute Gasteiger partial charge is 0.497 e. The highest BCUT2D eigenvalue weighted by atomic mass is 32.2. The van der Waals surface area contributed by atoms with Crippen molar-refractivity contribution in [3.8, 4) is 5.75 Å². The van der Waals surface area contributed by atoms with Gasteiger partial charge in [0.15, 0.2) is 0 Å². The van der Waals surface area contributed by atoms with Crippen molar-refractivity contribution in [1.82, 2.24) is 4.31 Å². The van der Waals surface area contributed by atoms with Gasteiger partial charge >= 0.3 is 5.97 Å². The molecule has 0 amide bonds. The van der Waals surface area contributed by atoms with Gasteiger partial charge in [-0.1, -0.05) is 12.1 Å². The van der Waals surface area contributed by atoms with Crippen molar-refractivity contribution in [3.05, 3.63) is 29.8 Å². The number of sulfonamides is 1. The van der Waals surface area contributed by atoms with Crippen LogP contribution in [0.4, 0.5) is 0 Å². The number of carbonyl (C=O) groups is 1. The zero-order chi connectivity index (χ0) is 13.8. The van der Waals surface area contributed by atoms with Crippen molar-refractivity contribution < 1.29 is 23.1 Å². The van der Waals surface area contributed by atoms with Gasteiger partial charge < -0.3 is 9.84 Å². The topological polar surface area (TPSA) is 83.9 Å². The quantitative estimate of drug-likeness (QED) is 0.818. The highest BCUT2D eigenvalue weighted by Gasteiger charge is 2.20. The summed E-state index contributed by atoms with van der Waals surface area (Å²) in [6, 6.07) is 6.64. The molecule has 0 aromatic heterocycles. The van der Waals surface area contributed by atoms with Gasteiger partial charge in [-0.05, 0) is 17.7 Å². The van der Waals surface area contributed by atoms with Crippen LogP contribution < -0.4 is 4.74 Å². The lowest BCUT2D eigenvalue weighted by atomic mass is 10.2. The fourth-order valence-electron chi connectivity index (χ4n) is 1.37. The first-order chi connectivity index (χ1) is 8.35. The number of methoxy groups -OCH3 is 1. The number of benzene rings is 1. The monoisotopic (exact) mass is 273 g/mol. The normalized spacial score (nSPS) is 11.5. The summed E-state index contributed by atoms with van der Waals surface area (Å²) < 4.78 is 29.5. The van der Waals surface area contributed by atoms with E-state index in [0.29, 0.717) is 11.3 Å². The van der Waals surface area contributed by atoms with Gasteiger partial charge in [0.2, 0.25) is 10.0 Å². The Balaban J connectivity index is 2.84. The lowest BCUT2D eigenvalue weighted by molar-refractivity contribution is -0.137. The molecule has 0 heterocycles. The van der Waals surface area contributed by atoms with E-state index in [1.165, 1.54) is 14.2 Å². The minimum absolute atomic E-state index is 0.256. The number of rotatable bonds is 6. The molecule has 0 atom stereocenters. The van der Waals surface area contributed by atoms with E-state index in [9.17, 15) is 13.2 Å². The van der Waals surface area contributed by atoms with Crippen LogP contribution in [0, 0.1) is 0 Å². The first-order valence-corrected chi connectivity index (χ1v) is 6.75. The predicted molar refractivity (Wildman–Crippen MR) is 65.9 cm³/mol. The van der Waals surface area contributed by atoms with E-state index in [-0.39, 0.29) is 5.75 Å². The average molecular weight is 273 g/mol. The van der Waals surface area contributed by atoms with Gasteiger partial charge in [-0.2, -0.15) is 4.31 Å². The van der Waals surface area contributed by atoms with Crippen LogP contribution in [0.1, 0.15) is 5.56 Å². The third-order valence-corrected chi connectivity index (χ3v) is 4.09. The van der Waals surface area contributed by atoms with E-state index >= 15 is 0 Å². The first-order valence-electron chi connectivity index (χ1n) is 5.14. The summed E-state index contributed by atoms with van der Waals surface area (Å²) in [5.74, 6) is -0.885. The maximum atomic E-state index is 11.9. The molecule has 0 aliphatic rings. The lowest BCUT2D eigenvalue weighted by Crippen LogP contribution is -2.32. The molecule has 0 aliphatic carbocycles. The summed E-state index contributed by atoms with van der Waals surface area (Å²) in [6.45, 7) is -0.549. The number of likely N-dealkylation sites (N-methyl/N-ethyl adjacent to an activating group) is 1. The molecule has 0 spiro atoms. The molecule has 1 aromatic rings. The SMILES string of the molecule is COc1cccc(CS(=O)(=O)N(C)CC(=O)O)c1. The van der Waals surface area contributed by atoms with Crippen molar-refractivity contribution in [2.24, 2.45) is 0 Å². The highest BCUT2D eigenvalue weighted by molar-refractivity contribution is 7.88. The molecule has 0 saturated carbocycles. The van der Waals surface area contributed by atoms with Crippen molar-refractivity contribution >= 4 is 16.0 Å². The van der Waals surface area contributed by atoms with Gasteiger partial charge in [-0.15, -0.1) is 0 Å². The number of hydrogen-bond donors (Lipinski definition) is 1. The number of hydrogen-bond acceptors (Lipinski definition) is 4. The molecule has 0 unspecified atom stereocenters. The third-order valence-electron chi connectivity index (χ3n) is 2.32. The number of carboxylic acids is 1. The van der Waals surface area contributed by atoms with Gasteiger partial charge in [0.1, 0.15) is 12.3 Å². The molecule has 1 rings (SSSR count). The molecule has 0 aliphatic heterocycles. The van der Waals surface area contributed by atoms with Gasteiger partial charge in [-0.25, -0.2) is 8.42 Å². The number of carboxylic acid groups (broad SMARTS) is 1. The smallest absolute Gasteiger partial charge is 0.318 e. The second-order valence-corrected chi connectivity index (χ2v) is 5.83. The summed E-state index contributed by atoms with van der Waals surface area (Å²) >= 11 is 0. The van der Waals surface area contributed by atoms with E-state index in [0.717, 1.165) is 4.31 Å². The summed E-state index contributed by atoms with van der Waals surface area (Å²) in [7, 11) is -0.906. The van der Waals surface area contributed by atoms with E-state index < -0.39 is 22.5 Å². The van der Waals surface area contributed by atoms with Crippen LogP contribution in [0.5, 0.6) is 5.75 Å². The molecule has 100 valence electrons. The lowest BCUT2D eigenvalue weighted by Gasteiger charge is -2.15. The molecule has 0 fully saturated rings. The Hall–Kier alpha value is -1.60. The maximum Gasteiger partial charge on any atom is 0.318 e. The fourth-order valence-corrected chi connectivity index (χ4v) is 2.50. The Morgan fingerprint density at radius 2 is 2.11 bits per heavy atom. The van der Waals surface area contributed by atoms with Gasteiger partial charge in [0.05, 0.1) is 12.9 Å². The van der Waals surface area contributed by atoms with Crippen molar-refractivity contribution in [3.63, 3.8) is 0 Å². The molecule has 0 radical (unpaired) electrons. The molecule has 7 heteroatoms. The highest BCUT2D eigenvalue weighted by Crippen LogP contribution is 2.16. The summed E-state index contributed by atoms with van der Waals surface area (Å²) in [5, 5.41) is 8.57. The van der Waals surface area contributed by atoms with Crippen molar-refractivity contribution in [2.45, 2.75) is 5.75 Å². The number of nitrogens with zero attached hydrogens (tertiary/aromatic N) is 1. The van der Waals surface area contributed by atoms with Crippen LogP contribution in [0.2, 0.25) is 0 Å². The minimum atomic E-state index is -3.64. The second kappa shape index (κ2) is 5.83. The summed E-state index contributed by atoms with van der Waals surface area (Å²) in [4.78, 5) is 10.5. The Kier molecular flexibility index (Phi) is 4.69. The minimum Gasteiger partial charge on any atom is -0.497 e. The standard InChI is InChI=1S/C11H15NO5S/c1-12(7-11(13)14)18(15,16)8-9-4-3-5-10(6-9)17-2/h3-6H,7-8H2,1-2H3,(H,13,14). The first kappa shape index (κ1) is 14.5. The molecule has 18 heavy (non-hydrogen) atoms. The van der Waals surface area contributed by atoms with E-state index in [1.807, 2.05) is 0 Å². The molecule has 0 bridgehead atoms. The van der Waals surface area contributed by atoms with Crippen LogP contribution in [0.3, 0.4) is 0 Å². The second-order valence-electron chi connectivity index (χ2n) is 3.76. The van der Waals surface area contributed by atoms with Gasteiger partial charge in [-0.3, -0.25) is 4.79 Å². The van der Waals surface area contributed by atoms with Gasteiger partial charge in [0, 0.05) is 7.05 Å². The Morgan fingerprint density at radius 3 is 2.67 bits per heavy atom. The molecular formula is C11H15NO5S. The third kappa shape index (κ3) is 4.01. The summed E-state index contributed by atoms with van der Waals surface area (Å²) in [5.41, 5.74) is 0.548. The summed E-state index contributed by atoms with van der Waals surface area (Å²) in [6.07, 6.45) is 0. The number of aliphatic carboxylic acids is 1. The number of ether oxygens (including phenoxy) is 1. The molecule has 1 aromatic carbocycles.